The standard InChI is InChI=1S/C14H21NO2S/c1-3-4-7-10-15-14(16)11-18-13-9-6-5-8-12(13)17-2/h5-6,8-9H,3-4,7,10-11H2,1-2H3,(H,15,16). The number of benzene rings is 1. The molecule has 1 amide bonds. The van der Waals surface area contributed by atoms with Crippen molar-refractivity contribution in [2.24, 2.45) is 0 Å². The highest BCUT2D eigenvalue weighted by Gasteiger charge is 2.06. The molecule has 4 heteroatoms. The first-order valence-electron chi connectivity index (χ1n) is 6.30. The third-order valence-electron chi connectivity index (χ3n) is 2.53. The topological polar surface area (TPSA) is 38.3 Å². The number of methoxy groups -OCH3 is 1. The van der Waals surface area contributed by atoms with Crippen LogP contribution in [0.5, 0.6) is 5.75 Å². The maximum absolute atomic E-state index is 11.6. The lowest BCUT2D eigenvalue weighted by atomic mass is 10.2. The van der Waals surface area contributed by atoms with Crippen molar-refractivity contribution in [3.63, 3.8) is 0 Å². The van der Waals surface area contributed by atoms with Crippen LogP contribution in [0.4, 0.5) is 0 Å². The zero-order chi connectivity index (χ0) is 13.2. The normalized spacial score (nSPS) is 10.1. The maximum atomic E-state index is 11.6. The van der Waals surface area contributed by atoms with E-state index in [-0.39, 0.29) is 5.91 Å². The van der Waals surface area contributed by atoms with Crippen molar-refractivity contribution in [2.75, 3.05) is 19.4 Å². The molecule has 0 aliphatic carbocycles. The molecular weight excluding hydrogens is 246 g/mol. The molecule has 0 fully saturated rings. The van der Waals surface area contributed by atoms with Gasteiger partial charge in [-0.15, -0.1) is 11.8 Å². The van der Waals surface area contributed by atoms with Gasteiger partial charge in [-0.3, -0.25) is 4.79 Å². The number of carbonyl (C=O) groups excluding carboxylic acids is 1. The third kappa shape index (κ3) is 5.45. The Kier molecular flexibility index (Phi) is 7.34. The predicted octanol–water partition coefficient (Wildman–Crippen LogP) is 3.09. The van der Waals surface area contributed by atoms with Gasteiger partial charge in [-0.25, -0.2) is 0 Å². The second-order valence-corrected chi connectivity index (χ2v) is 5.01. The van der Waals surface area contributed by atoms with Crippen LogP contribution in [0, 0.1) is 0 Å². The average Bonchev–Trinajstić information content (AvgIpc) is 2.41. The van der Waals surface area contributed by atoms with Crippen LogP contribution in [-0.4, -0.2) is 25.3 Å². The molecule has 0 saturated heterocycles. The highest BCUT2D eigenvalue weighted by molar-refractivity contribution is 8.00. The minimum atomic E-state index is 0.0852. The van der Waals surface area contributed by atoms with E-state index in [1.54, 1.807) is 7.11 Å². The quantitative estimate of drug-likeness (QED) is 0.581. The fourth-order valence-electron chi connectivity index (χ4n) is 1.54. The van der Waals surface area contributed by atoms with Gasteiger partial charge in [-0.1, -0.05) is 31.9 Å². The van der Waals surface area contributed by atoms with Gasteiger partial charge in [0.05, 0.1) is 12.9 Å². The van der Waals surface area contributed by atoms with Crippen LogP contribution in [0.15, 0.2) is 29.2 Å². The molecule has 0 atom stereocenters. The number of rotatable bonds is 8. The van der Waals surface area contributed by atoms with Gasteiger partial charge < -0.3 is 10.1 Å². The van der Waals surface area contributed by atoms with E-state index in [0.717, 1.165) is 23.6 Å². The van der Waals surface area contributed by atoms with Gasteiger partial charge in [-0.2, -0.15) is 0 Å². The summed E-state index contributed by atoms with van der Waals surface area (Å²) in [4.78, 5) is 12.6. The number of para-hydroxylation sites is 1. The van der Waals surface area contributed by atoms with E-state index in [0.29, 0.717) is 5.75 Å². The molecule has 0 bridgehead atoms. The molecule has 0 unspecified atom stereocenters. The Bertz CT molecular complexity index is 369. The van der Waals surface area contributed by atoms with Crippen molar-refractivity contribution in [2.45, 2.75) is 31.1 Å². The van der Waals surface area contributed by atoms with Crippen molar-refractivity contribution >= 4 is 17.7 Å². The molecule has 1 aromatic carbocycles. The first-order valence-corrected chi connectivity index (χ1v) is 7.29. The van der Waals surface area contributed by atoms with Gasteiger partial charge in [0.2, 0.25) is 5.91 Å². The first kappa shape index (κ1) is 14.9. The molecular formula is C14H21NO2S. The summed E-state index contributed by atoms with van der Waals surface area (Å²) in [6.07, 6.45) is 3.40. The molecule has 0 aliphatic heterocycles. The summed E-state index contributed by atoms with van der Waals surface area (Å²) in [5, 5.41) is 2.92. The van der Waals surface area contributed by atoms with Crippen molar-refractivity contribution in [3.05, 3.63) is 24.3 Å². The number of thioether (sulfide) groups is 1. The molecule has 0 radical (unpaired) electrons. The smallest absolute Gasteiger partial charge is 0.230 e. The lowest BCUT2D eigenvalue weighted by Gasteiger charge is -2.08. The number of ether oxygens (including phenoxy) is 1. The molecule has 100 valence electrons. The second-order valence-electron chi connectivity index (χ2n) is 4.00. The summed E-state index contributed by atoms with van der Waals surface area (Å²) >= 11 is 1.51. The molecule has 1 aromatic rings. The number of nitrogens with one attached hydrogen (secondary N) is 1. The Labute approximate surface area is 113 Å². The van der Waals surface area contributed by atoms with Gasteiger partial charge in [0.1, 0.15) is 5.75 Å². The third-order valence-corrected chi connectivity index (χ3v) is 3.59. The van der Waals surface area contributed by atoms with Gasteiger partial charge in [0.15, 0.2) is 0 Å². The Hall–Kier alpha value is -1.16. The summed E-state index contributed by atoms with van der Waals surface area (Å²) in [7, 11) is 1.64. The zero-order valence-electron chi connectivity index (χ0n) is 11.1. The van der Waals surface area contributed by atoms with Crippen LogP contribution in [0.3, 0.4) is 0 Å². The first-order chi connectivity index (χ1) is 8.77. The molecule has 0 aliphatic rings. The molecule has 1 rings (SSSR count). The van der Waals surface area contributed by atoms with Gasteiger partial charge in [0, 0.05) is 11.4 Å². The number of unbranched alkanes of at least 4 members (excludes halogenated alkanes) is 2. The number of amides is 1. The van der Waals surface area contributed by atoms with E-state index in [4.69, 9.17) is 4.74 Å². The lowest BCUT2D eigenvalue weighted by molar-refractivity contribution is -0.118. The van der Waals surface area contributed by atoms with Gasteiger partial charge in [-0.05, 0) is 18.6 Å². The van der Waals surface area contributed by atoms with E-state index >= 15 is 0 Å². The number of hydrogen-bond donors (Lipinski definition) is 1. The summed E-state index contributed by atoms with van der Waals surface area (Å²) < 4.78 is 5.24. The van der Waals surface area contributed by atoms with E-state index in [2.05, 4.69) is 12.2 Å². The molecule has 18 heavy (non-hydrogen) atoms. The minimum absolute atomic E-state index is 0.0852. The minimum Gasteiger partial charge on any atom is -0.496 e. The lowest BCUT2D eigenvalue weighted by Crippen LogP contribution is -2.26. The average molecular weight is 267 g/mol. The van der Waals surface area contributed by atoms with Crippen molar-refractivity contribution in [1.82, 2.24) is 5.32 Å². The van der Waals surface area contributed by atoms with Crippen LogP contribution < -0.4 is 10.1 Å². The highest BCUT2D eigenvalue weighted by Crippen LogP contribution is 2.28. The summed E-state index contributed by atoms with van der Waals surface area (Å²) in [5.74, 6) is 1.34. The largest absolute Gasteiger partial charge is 0.496 e. The van der Waals surface area contributed by atoms with E-state index < -0.39 is 0 Å². The van der Waals surface area contributed by atoms with Crippen molar-refractivity contribution in [1.29, 1.82) is 0 Å². The van der Waals surface area contributed by atoms with E-state index in [1.807, 2.05) is 24.3 Å². The number of hydrogen-bond acceptors (Lipinski definition) is 3. The maximum Gasteiger partial charge on any atom is 0.230 e. The molecule has 0 aromatic heterocycles. The Morgan fingerprint density at radius 2 is 2.11 bits per heavy atom. The summed E-state index contributed by atoms with van der Waals surface area (Å²) in [6.45, 7) is 2.93. The fraction of sp³-hybridized carbons (Fsp3) is 0.500. The molecule has 3 nitrogen and oxygen atoms in total. The summed E-state index contributed by atoms with van der Waals surface area (Å²) in [6, 6.07) is 7.74. The van der Waals surface area contributed by atoms with Crippen LogP contribution in [0.2, 0.25) is 0 Å². The van der Waals surface area contributed by atoms with E-state index in [9.17, 15) is 4.79 Å². The van der Waals surface area contributed by atoms with Crippen LogP contribution in [0.1, 0.15) is 26.2 Å². The molecule has 0 spiro atoms. The van der Waals surface area contributed by atoms with Crippen LogP contribution in [-0.2, 0) is 4.79 Å². The molecule has 1 N–H and O–H groups in total. The zero-order valence-corrected chi connectivity index (χ0v) is 11.9. The summed E-state index contributed by atoms with van der Waals surface area (Å²) in [5.41, 5.74) is 0. The second kappa shape index (κ2) is 8.86. The molecule has 0 heterocycles. The van der Waals surface area contributed by atoms with E-state index in [1.165, 1.54) is 24.6 Å². The van der Waals surface area contributed by atoms with Gasteiger partial charge >= 0.3 is 0 Å². The van der Waals surface area contributed by atoms with Crippen molar-refractivity contribution < 1.29 is 9.53 Å². The van der Waals surface area contributed by atoms with Gasteiger partial charge in [0.25, 0.3) is 0 Å². The monoisotopic (exact) mass is 267 g/mol. The SMILES string of the molecule is CCCCCNC(=O)CSc1ccccc1OC. The predicted molar refractivity (Wildman–Crippen MR) is 76.3 cm³/mol. The fourth-order valence-corrected chi connectivity index (χ4v) is 2.39. The highest BCUT2D eigenvalue weighted by atomic mass is 32.2. The Balaban J connectivity index is 2.29. The van der Waals surface area contributed by atoms with Crippen LogP contribution in [0.25, 0.3) is 0 Å². The Morgan fingerprint density at radius 1 is 1.33 bits per heavy atom. The molecule has 0 saturated carbocycles. The van der Waals surface area contributed by atoms with Crippen LogP contribution >= 0.6 is 11.8 Å². The van der Waals surface area contributed by atoms with Crippen molar-refractivity contribution in [3.8, 4) is 5.75 Å². The number of carbonyl (C=O) groups is 1. The Morgan fingerprint density at radius 3 is 2.83 bits per heavy atom.